The van der Waals surface area contributed by atoms with Crippen LogP contribution in [-0.2, 0) is 6.18 Å². The molecule has 2 aliphatic rings. The molecule has 0 bridgehead atoms. The largest absolute Gasteiger partial charge is 0.416 e. The van der Waals surface area contributed by atoms with Gasteiger partial charge >= 0.3 is 6.18 Å². The van der Waals surface area contributed by atoms with Gasteiger partial charge in [-0.2, -0.15) is 13.2 Å². The topological polar surface area (TPSA) is 70.1 Å². The molecule has 1 amide bonds. The summed E-state index contributed by atoms with van der Waals surface area (Å²) in [4.78, 5) is 28.4. The number of likely N-dealkylation sites (tertiary alicyclic amines) is 2. The molecule has 0 unspecified atom stereocenters. The van der Waals surface area contributed by atoms with Crippen molar-refractivity contribution in [2.45, 2.75) is 25.1 Å². The fourth-order valence-electron chi connectivity index (χ4n) is 5.15. The summed E-state index contributed by atoms with van der Waals surface area (Å²) in [7, 11) is 0. The second-order valence-corrected chi connectivity index (χ2v) is 9.46. The first-order valence-electron chi connectivity index (χ1n) is 12.0. The van der Waals surface area contributed by atoms with Gasteiger partial charge in [-0.25, -0.2) is 14.4 Å². The van der Waals surface area contributed by atoms with E-state index in [9.17, 15) is 22.4 Å². The van der Waals surface area contributed by atoms with Crippen molar-refractivity contribution in [3.05, 3.63) is 78.2 Å². The van der Waals surface area contributed by atoms with Gasteiger partial charge < -0.3 is 14.5 Å². The molecular formula is C26H23F4N6O. The first kappa shape index (κ1) is 23.7. The first-order valence-corrected chi connectivity index (χ1v) is 12.0. The number of amides is 1. The Morgan fingerprint density at radius 1 is 1.05 bits per heavy atom. The summed E-state index contributed by atoms with van der Waals surface area (Å²) in [6.45, 7) is 2.49. The third-order valence-corrected chi connectivity index (χ3v) is 7.25. The van der Waals surface area contributed by atoms with Crippen molar-refractivity contribution in [1.29, 1.82) is 0 Å². The zero-order valence-corrected chi connectivity index (χ0v) is 19.7. The van der Waals surface area contributed by atoms with Gasteiger partial charge in [-0.3, -0.25) is 9.69 Å². The van der Waals surface area contributed by atoms with Gasteiger partial charge in [0.05, 0.1) is 22.9 Å². The van der Waals surface area contributed by atoms with Crippen LogP contribution in [0.15, 0.2) is 55.2 Å². The third kappa shape index (κ3) is 4.37. The Morgan fingerprint density at radius 3 is 2.57 bits per heavy atom. The number of H-pyrrole nitrogens is 1. The smallest absolute Gasteiger partial charge is 0.346 e. The van der Waals surface area contributed by atoms with E-state index in [1.165, 1.54) is 10.9 Å². The van der Waals surface area contributed by atoms with Crippen molar-refractivity contribution in [3.63, 3.8) is 0 Å². The second kappa shape index (κ2) is 8.98. The van der Waals surface area contributed by atoms with Gasteiger partial charge in [0, 0.05) is 61.8 Å². The van der Waals surface area contributed by atoms with Crippen LogP contribution in [0.1, 0.15) is 28.8 Å². The summed E-state index contributed by atoms with van der Waals surface area (Å²) in [5, 5.41) is 0.970. The Labute approximate surface area is 209 Å². The predicted octanol–water partition coefficient (Wildman–Crippen LogP) is 4.58. The Kier molecular flexibility index (Phi) is 5.74. The highest BCUT2D eigenvalue weighted by Gasteiger charge is 2.37. The van der Waals surface area contributed by atoms with Crippen molar-refractivity contribution >= 4 is 16.9 Å². The first-order chi connectivity index (χ1) is 17.8. The van der Waals surface area contributed by atoms with E-state index in [1.807, 2.05) is 24.5 Å². The fraction of sp³-hybridized carbons (Fsp3) is 0.308. The lowest BCUT2D eigenvalue weighted by atomic mass is 9.96. The van der Waals surface area contributed by atoms with Gasteiger partial charge in [0.2, 0.25) is 0 Å². The van der Waals surface area contributed by atoms with Gasteiger partial charge in [0.15, 0.2) is 0 Å². The molecular weight excluding hydrogens is 488 g/mol. The van der Waals surface area contributed by atoms with E-state index in [0.29, 0.717) is 25.2 Å². The Bertz CT molecular complexity index is 1450. The highest BCUT2D eigenvalue weighted by atomic mass is 19.4. The molecule has 0 saturated carbocycles. The lowest BCUT2D eigenvalue weighted by Crippen LogP contribution is -2.56. The monoisotopic (exact) mass is 511 g/mol. The molecule has 0 aliphatic carbocycles. The Hall–Kier alpha value is -3.73. The molecule has 1 aromatic carbocycles. The molecule has 0 atom stereocenters. The van der Waals surface area contributed by atoms with Crippen LogP contribution in [0, 0.1) is 11.9 Å². The molecule has 2 fully saturated rings. The Morgan fingerprint density at radius 2 is 1.84 bits per heavy atom. The molecule has 11 heteroatoms. The summed E-state index contributed by atoms with van der Waals surface area (Å²) in [5.41, 5.74) is 1.26. The fourth-order valence-corrected chi connectivity index (χ4v) is 5.15. The zero-order chi connectivity index (χ0) is 25.7. The average molecular weight is 512 g/mol. The molecule has 5 heterocycles. The lowest BCUT2D eigenvalue weighted by molar-refractivity contribution is -0.137. The van der Waals surface area contributed by atoms with Crippen molar-refractivity contribution in [1.82, 2.24) is 29.3 Å². The number of carbonyl (C=O) groups is 1. The number of benzene rings is 1. The zero-order valence-electron chi connectivity index (χ0n) is 19.7. The number of carbonyl (C=O) groups excluding carboxylic acids is 1. The number of halogens is 4. The standard InChI is InChI=1S/C26H23F4N6O/c27-22-11-17(26(28,29)30)1-2-20(22)25(37)34-9-5-18(6-10-34)36-13-19(14-36)35-8-4-16(12-35)23-21-3-7-31-24(21)33-15-32-23/h1-4,7-8,11-12,15,18H,5-6,9-10,13-14H2,(H,31,32,33). The van der Waals surface area contributed by atoms with Gasteiger partial charge in [0.25, 0.3) is 5.91 Å². The van der Waals surface area contributed by atoms with Crippen molar-refractivity contribution in [3.8, 4) is 11.3 Å². The van der Waals surface area contributed by atoms with Crippen LogP contribution in [0.2, 0.25) is 0 Å². The SMILES string of the molecule is O=C(c1ccc(C(F)(F)F)cc1F)N1CCC(N2C[C](n3ccc(-c4ncnc5[nH]ccc45)c3)C2)CC1. The summed E-state index contributed by atoms with van der Waals surface area (Å²) in [6.07, 6.45) is 4.30. The number of fused-ring (bicyclic) bond motifs is 1. The molecule has 37 heavy (non-hydrogen) atoms. The highest BCUT2D eigenvalue weighted by Crippen LogP contribution is 2.33. The molecule has 4 aromatic rings. The van der Waals surface area contributed by atoms with E-state index in [-0.39, 0.29) is 5.56 Å². The van der Waals surface area contributed by atoms with Gasteiger partial charge in [-0.1, -0.05) is 0 Å². The van der Waals surface area contributed by atoms with Crippen LogP contribution in [0.25, 0.3) is 22.3 Å². The minimum absolute atomic E-state index is 0.293. The molecule has 6 rings (SSSR count). The molecule has 2 saturated heterocycles. The van der Waals surface area contributed by atoms with Crippen molar-refractivity contribution in [2.75, 3.05) is 26.2 Å². The van der Waals surface area contributed by atoms with Crippen LogP contribution in [0.5, 0.6) is 0 Å². The lowest BCUT2D eigenvalue weighted by Gasteiger charge is -2.47. The Balaban J connectivity index is 1.04. The number of aromatic amines is 1. The van der Waals surface area contributed by atoms with Crippen LogP contribution < -0.4 is 0 Å². The average Bonchev–Trinajstić information content (AvgIpc) is 3.52. The van der Waals surface area contributed by atoms with E-state index < -0.39 is 23.5 Å². The molecule has 7 nitrogen and oxygen atoms in total. The van der Waals surface area contributed by atoms with Gasteiger partial charge in [-0.15, -0.1) is 0 Å². The quantitative estimate of drug-likeness (QED) is 0.407. The molecule has 191 valence electrons. The normalized spacial score (nSPS) is 17.9. The number of nitrogens with zero attached hydrogens (tertiary/aromatic N) is 5. The maximum Gasteiger partial charge on any atom is 0.416 e. The van der Waals surface area contributed by atoms with E-state index >= 15 is 0 Å². The second-order valence-electron chi connectivity index (χ2n) is 9.46. The van der Waals surface area contributed by atoms with E-state index in [0.717, 1.165) is 60.4 Å². The van der Waals surface area contributed by atoms with Crippen molar-refractivity contribution < 1.29 is 22.4 Å². The van der Waals surface area contributed by atoms with E-state index in [2.05, 4.69) is 30.6 Å². The number of hydrogen-bond acceptors (Lipinski definition) is 4. The predicted molar refractivity (Wildman–Crippen MR) is 128 cm³/mol. The third-order valence-electron chi connectivity index (χ3n) is 7.25. The number of hydrogen-bond donors (Lipinski definition) is 1. The van der Waals surface area contributed by atoms with Crippen molar-refractivity contribution in [2.24, 2.45) is 0 Å². The molecule has 2 aliphatic heterocycles. The summed E-state index contributed by atoms with van der Waals surface area (Å²) in [5.74, 6) is -1.71. The van der Waals surface area contributed by atoms with E-state index in [4.69, 9.17) is 0 Å². The van der Waals surface area contributed by atoms with Gasteiger partial charge in [-0.05, 0) is 43.2 Å². The number of piperidine rings is 1. The van der Waals surface area contributed by atoms with Crippen LogP contribution >= 0.6 is 0 Å². The summed E-state index contributed by atoms with van der Waals surface area (Å²) in [6, 6.07) is 7.61. The van der Waals surface area contributed by atoms with Gasteiger partial charge in [0.1, 0.15) is 17.8 Å². The number of aromatic nitrogens is 4. The van der Waals surface area contributed by atoms with Crippen LogP contribution in [0.3, 0.4) is 0 Å². The highest BCUT2D eigenvalue weighted by molar-refractivity contribution is 5.94. The number of alkyl halides is 3. The molecule has 1 N–H and O–H groups in total. The number of nitrogens with one attached hydrogen (secondary N) is 1. The summed E-state index contributed by atoms with van der Waals surface area (Å²) >= 11 is 0. The maximum atomic E-state index is 14.3. The van der Waals surface area contributed by atoms with E-state index in [1.54, 1.807) is 6.33 Å². The van der Waals surface area contributed by atoms with Crippen LogP contribution in [-0.4, -0.2) is 67.4 Å². The molecule has 0 spiro atoms. The minimum Gasteiger partial charge on any atom is -0.346 e. The molecule has 1 radical (unpaired) electrons. The molecule has 3 aromatic heterocycles. The summed E-state index contributed by atoms with van der Waals surface area (Å²) < 4.78 is 54.8. The maximum absolute atomic E-state index is 14.3. The number of rotatable bonds is 4. The minimum atomic E-state index is -4.65. The van der Waals surface area contributed by atoms with Crippen LogP contribution in [0.4, 0.5) is 17.6 Å².